The molecular formula is C12H18N2O2. The van der Waals surface area contributed by atoms with Crippen molar-refractivity contribution < 1.29 is 9.63 Å². The minimum absolute atomic E-state index is 0.139. The van der Waals surface area contributed by atoms with Crippen molar-refractivity contribution in [2.24, 2.45) is 5.90 Å². The van der Waals surface area contributed by atoms with Gasteiger partial charge in [0.15, 0.2) is 0 Å². The molecule has 0 heterocycles. The minimum atomic E-state index is -0.139. The molecule has 4 nitrogen and oxygen atoms in total. The zero-order chi connectivity index (χ0) is 11.6. The first-order valence-electron chi connectivity index (χ1n) is 5.41. The van der Waals surface area contributed by atoms with Gasteiger partial charge in [0.05, 0.1) is 12.6 Å². The molecule has 0 spiro atoms. The molecule has 16 heavy (non-hydrogen) atoms. The van der Waals surface area contributed by atoms with Crippen LogP contribution in [0, 0.1) is 0 Å². The maximum Gasteiger partial charge on any atom is 0.137 e. The van der Waals surface area contributed by atoms with E-state index in [2.05, 4.69) is 10.2 Å². The van der Waals surface area contributed by atoms with E-state index in [-0.39, 0.29) is 6.04 Å². The number of nitrogens with one attached hydrogen (secondary N) is 1. The van der Waals surface area contributed by atoms with E-state index in [4.69, 9.17) is 5.90 Å². The van der Waals surface area contributed by atoms with Crippen molar-refractivity contribution in [3.63, 3.8) is 0 Å². The standard InChI is InChI=1S/C12H18N2O2/c13-16-8-4-7-14-12(10-15)9-11-5-2-1-3-6-11/h1-3,5-6,10,12,14H,4,7-9,13H2/t12-/m0/s1. The van der Waals surface area contributed by atoms with Crippen LogP contribution in [0.2, 0.25) is 0 Å². The maximum absolute atomic E-state index is 10.9. The van der Waals surface area contributed by atoms with E-state index in [1.807, 2.05) is 30.3 Å². The molecule has 3 N–H and O–H groups in total. The van der Waals surface area contributed by atoms with Crippen LogP contribution in [0.3, 0.4) is 0 Å². The predicted molar refractivity (Wildman–Crippen MR) is 62.8 cm³/mol. The Morgan fingerprint density at radius 2 is 2.12 bits per heavy atom. The Hall–Kier alpha value is -1.23. The summed E-state index contributed by atoms with van der Waals surface area (Å²) >= 11 is 0. The summed E-state index contributed by atoms with van der Waals surface area (Å²) in [7, 11) is 0. The zero-order valence-electron chi connectivity index (χ0n) is 9.26. The van der Waals surface area contributed by atoms with E-state index in [9.17, 15) is 4.79 Å². The van der Waals surface area contributed by atoms with Crippen molar-refractivity contribution >= 4 is 6.29 Å². The molecule has 0 saturated heterocycles. The number of nitrogens with two attached hydrogens (primary N) is 1. The predicted octanol–water partition coefficient (Wildman–Crippen LogP) is 0.667. The average molecular weight is 222 g/mol. The molecule has 1 aromatic rings. The van der Waals surface area contributed by atoms with Crippen LogP contribution in [0.15, 0.2) is 30.3 Å². The Kier molecular flexibility index (Phi) is 6.41. The number of hydrogen-bond acceptors (Lipinski definition) is 4. The third kappa shape index (κ3) is 5.02. The van der Waals surface area contributed by atoms with E-state index >= 15 is 0 Å². The second kappa shape index (κ2) is 7.98. The molecule has 0 saturated carbocycles. The normalized spacial score (nSPS) is 12.3. The number of carbonyl (C=O) groups excluding carboxylic acids is 1. The highest BCUT2D eigenvalue weighted by Crippen LogP contribution is 2.01. The summed E-state index contributed by atoms with van der Waals surface area (Å²) in [4.78, 5) is 15.3. The third-order valence-electron chi connectivity index (χ3n) is 2.31. The molecule has 1 aromatic carbocycles. The zero-order valence-corrected chi connectivity index (χ0v) is 9.26. The molecule has 88 valence electrons. The molecule has 0 radical (unpaired) electrons. The van der Waals surface area contributed by atoms with Crippen LogP contribution in [0.5, 0.6) is 0 Å². The van der Waals surface area contributed by atoms with Crippen LogP contribution in [-0.4, -0.2) is 25.5 Å². The van der Waals surface area contributed by atoms with Crippen molar-refractivity contribution in [1.82, 2.24) is 5.32 Å². The summed E-state index contributed by atoms with van der Waals surface area (Å²) in [5, 5.41) is 3.15. The van der Waals surface area contributed by atoms with Crippen LogP contribution < -0.4 is 11.2 Å². The van der Waals surface area contributed by atoms with Crippen LogP contribution >= 0.6 is 0 Å². The van der Waals surface area contributed by atoms with Crippen molar-refractivity contribution in [2.75, 3.05) is 13.2 Å². The summed E-state index contributed by atoms with van der Waals surface area (Å²) in [5.41, 5.74) is 1.15. The van der Waals surface area contributed by atoms with Gasteiger partial charge in [0.1, 0.15) is 6.29 Å². The second-order valence-electron chi connectivity index (χ2n) is 3.61. The van der Waals surface area contributed by atoms with E-state index in [1.54, 1.807) is 0 Å². The SMILES string of the molecule is NOCCCN[C@H](C=O)Cc1ccccc1. The Morgan fingerprint density at radius 3 is 2.75 bits per heavy atom. The number of carbonyl (C=O) groups is 1. The topological polar surface area (TPSA) is 64.3 Å². The van der Waals surface area contributed by atoms with E-state index < -0.39 is 0 Å². The van der Waals surface area contributed by atoms with E-state index in [1.165, 1.54) is 0 Å². The Labute approximate surface area is 95.7 Å². The Bertz CT molecular complexity index is 290. The highest BCUT2D eigenvalue weighted by Gasteiger charge is 2.06. The monoisotopic (exact) mass is 222 g/mol. The van der Waals surface area contributed by atoms with Gasteiger partial charge in [-0.3, -0.25) is 0 Å². The minimum Gasteiger partial charge on any atom is -0.307 e. The van der Waals surface area contributed by atoms with Gasteiger partial charge in [-0.15, -0.1) is 0 Å². The summed E-state index contributed by atoms with van der Waals surface area (Å²) in [5.74, 6) is 4.90. The van der Waals surface area contributed by atoms with Crippen molar-refractivity contribution in [1.29, 1.82) is 0 Å². The molecule has 0 aliphatic rings. The quantitative estimate of drug-likeness (QED) is 0.385. The molecule has 0 bridgehead atoms. The lowest BCUT2D eigenvalue weighted by atomic mass is 10.1. The molecule has 0 aromatic heterocycles. The molecule has 0 aliphatic heterocycles. The lowest BCUT2D eigenvalue weighted by Crippen LogP contribution is -2.33. The lowest BCUT2D eigenvalue weighted by Gasteiger charge is -2.12. The van der Waals surface area contributed by atoms with E-state index in [0.29, 0.717) is 13.0 Å². The van der Waals surface area contributed by atoms with Crippen molar-refractivity contribution in [3.8, 4) is 0 Å². The maximum atomic E-state index is 10.9. The summed E-state index contributed by atoms with van der Waals surface area (Å²) in [6.07, 6.45) is 2.46. The van der Waals surface area contributed by atoms with Gasteiger partial charge in [0, 0.05) is 0 Å². The number of rotatable bonds is 8. The first-order chi connectivity index (χ1) is 7.86. The fourth-order valence-electron chi connectivity index (χ4n) is 1.48. The average Bonchev–Trinajstić information content (AvgIpc) is 2.34. The highest BCUT2D eigenvalue weighted by molar-refractivity contribution is 5.58. The largest absolute Gasteiger partial charge is 0.307 e. The number of benzene rings is 1. The van der Waals surface area contributed by atoms with Gasteiger partial charge in [-0.05, 0) is 24.9 Å². The van der Waals surface area contributed by atoms with Crippen molar-refractivity contribution in [2.45, 2.75) is 18.9 Å². The van der Waals surface area contributed by atoms with Gasteiger partial charge < -0.3 is 14.9 Å². The van der Waals surface area contributed by atoms with Gasteiger partial charge in [-0.2, -0.15) is 0 Å². The Balaban J connectivity index is 2.29. The fourth-order valence-corrected chi connectivity index (χ4v) is 1.48. The van der Waals surface area contributed by atoms with Gasteiger partial charge in [0.25, 0.3) is 0 Å². The summed E-state index contributed by atoms with van der Waals surface area (Å²) in [6.45, 7) is 1.23. The van der Waals surface area contributed by atoms with Crippen LogP contribution in [0.1, 0.15) is 12.0 Å². The first kappa shape index (κ1) is 12.8. The molecule has 1 rings (SSSR count). The lowest BCUT2D eigenvalue weighted by molar-refractivity contribution is -0.109. The molecule has 1 atom stereocenters. The second-order valence-corrected chi connectivity index (χ2v) is 3.61. The Morgan fingerprint density at radius 1 is 1.38 bits per heavy atom. The number of hydrogen-bond donors (Lipinski definition) is 2. The summed E-state index contributed by atoms with van der Waals surface area (Å²) < 4.78 is 0. The molecule has 0 fully saturated rings. The van der Waals surface area contributed by atoms with Crippen molar-refractivity contribution in [3.05, 3.63) is 35.9 Å². The van der Waals surface area contributed by atoms with Gasteiger partial charge in [-0.25, -0.2) is 5.90 Å². The molecular weight excluding hydrogens is 204 g/mol. The van der Waals surface area contributed by atoms with Gasteiger partial charge >= 0.3 is 0 Å². The van der Waals surface area contributed by atoms with Gasteiger partial charge in [0.2, 0.25) is 0 Å². The first-order valence-corrected chi connectivity index (χ1v) is 5.41. The number of aldehydes is 1. The molecule has 0 amide bonds. The fraction of sp³-hybridized carbons (Fsp3) is 0.417. The van der Waals surface area contributed by atoms with Crippen LogP contribution in [0.4, 0.5) is 0 Å². The molecule has 0 unspecified atom stereocenters. The summed E-state index contributed by atoms with van der Waals surface area (Å²) in [6, 6.07) is 9.80. The molecule has 0 aliphatic carbocycles. The van der Waals surface area contributed by atoms with Crippen LogP contribution in [-0.2, 0) is 16.1 Å². The highest BCUT2D eigenvalue weighted by atomic mass is 16.6. The molecule has 4 heteroatoms. The third-order valence-corrected chi connectivity index (χ3v) is 2.31. The van der Waals surface area contributed by atoms with Crippen LogP contribution in [0.25, 0.3) is 0 Å². The van der Waals surface area contributed by atoms with E-state index in [0.717, 1.165) is 24.8 Å². The smallest absolute Gasteiger partial charge is 0.137 e. The van der Waals surface area contributed by atoms with Gasteiger partial charge in [-0.1, -0.05) is 30.3 Å².